The number of hydrogen-bond acceptors (Lipinski definition) is 4. The molecule has 1 saturated heterocycles. The minimum absolute atomic E-state index is 0.00993. The Morgan fingerprint density at radius 1 is 1.26 bits per heavy atom. The summed E-state index contributed by atoms with van der Waals surface area (Å²) in [7, 11) is 0. The van der Waals surface area contributed by atoms with Crippen molar-refractivity contribution < 1.29 is 18.7 Å². The monoisotopic (exact) mass is 432 g/mol. The molecule has 1 aromatic heterocycles. The standard InChI is InChI=1S/C20H21BrN2O4/c21-16-5-3-15(4-6-16)18-14-23(11-13-27-18)20(25)9-10-22-19(24)8-7-17-2-1-12-26-17/h1-8,12,18H,9-11,13-14H2,(H,22,24)/b8-7+. The summed E-state index contributed by atoms with van der Waals surface area (Å²) in [6.45, 7) is 1.89. The van der Waals surface area contributed by atoms with E-state index in [0.717, 1.165) is 10.0 Å². The molecule has 0 bridgehead atoms. The summed E-state index contributed by atoms with van der Waals surface area (Å²) >= 11 is 3.42. The zero-order valence-electron chi connectivity index (χ0n) is 14.8. The van der Waals surface area contributed by atoms with Crippen molar-refractivity contribution in [1.29, 1.82) is 0 Å². The fourth-order valence-electron chi connectivity index (χ4n) is 2.81. The normalized spacial score (nSPS) is 17.2. The van der Waals surface area contributed by atoms with Crippen LogP contribution in [0.3, 0.4) is 0 Å². The molecule has 142 valence electrons. The molecule has 1 atom stereocenters. The highest BCUT2D eigenvalue weighted by atomic mass is 79.9. The van der Waals surface area contributed by atoms with Crippen LogP contribution in [0.2, 0.25) is 0 Å². The largest absolute Gasteiger partial charge is 0.465 e. The number of ether oxygens (including phenoxy) is 1. The predicted octanol–water partition coefficient (Wildman–Crippen LogP) is 3.16. The van der Waals surface area contributed by atoms with E-state index in [1.807, 2.05) is 24.3 Å². The second-order valence-corrected chi connectivity index (χ2v) is 7.06. The van der Waals surface area contributed by atoms with Crippen molar-refractivity contribution in [2.24, 2.45) is 0 Å². The van der Waals surface area contributed by atoms with Crippen LogP contribution in [0, 0.1) is 0 Å². The van der Waals surface area contributed by atoms with Gasteiger partial charge in [-0.05, 0) is 35.9 Å². The highest BCUT2D eigenvalue weighted by Gasteiger charge is 2.25. The van der Waals surface area contributed by atoms with Crippen molar-refractivity contribution in [3.8, 4) is 0 Å². The number of benzene rings is 1. The average Bonchev–Trinajstić information content (AvgIpc) is 3.20. The molecule has 2 amide bonds. The van der Waals surface area contributed by atoms with E-state index in [0.29, 0.717) is 32.0 Å². The Bertz CT molecular complexity index is 787. The lowest BCUT2D eigenvalue weighted by Crippen LogP contribution is -2.43. The second-order valence-electron chi connectivity index (χ2n) is 6.14. The maximum atomic E-state index is 12.4. The minimum atomic E-state index is -0.256. The number of hydrogen-bond donors (Lipinski definition) is 1. The van der Waals surface area contributed by atoms with Crippen molar-refractivity contribution >= 4 is 33.8 Å². The van der Waals surface area contributed by atoms with Gasteiger partial charge in [0.15, 0.2) is 0 Å². The van der Waals surface area contributed by atoms with Crippen molar-refractivity contribution in [2.75, 3.05) is 26.2 Å². The zero-order chi connectivity index (χ0) is 19.1. The molecular formula is C20H21BrN2O4. The van der Waals surface area contributed by atoms with Crippen LogP contribution in [0.4, 0.5) is 0 Å². The van der Waals surface area contributed by atoms with Crippen LogP contribution in [-0.4, -0.2) is 43.0 Å². The molecule has 0 saturated carbocycles. The van der Waals surface area contributed by atoms with E-state index in [1.165, 1.54) is 6.08 Å². The first-order chi connectivity index (χ1) is 13.1. The van der Waals surface area contributed by atoms with E-state index >= 15 is 0 Å². The van der Waals surface area contributed by atoms with Crippen molar-refractivity contribution in [1.82, 2.24) is 10.2 Å². The maximum Gasteiger partial charge on any atom is 0.244 e. The van der Waals surface area contributed by atoms with Crippen molar-refractivity contribution in [3.05, 3.63) is 64.5 Å². The van der Waals surface area contributed by atoms with Crippen molar-refractivity contribution in [2.45, 2.75) is 12.5 Å². The third kappa shape index (κ3) is 5.80. The number of amides is 2. The lowest BCUT2D eigenvalue weighted by Gasteiger charge is -2.33. The van der Waals surface area contributed by atoms with Gasteiger partial charge in [-0.3, -0.25) is 9.59 Å². The van der Waals surface area contributed by atoms with Gasteiger partial charge in [0.1, 0.15) is 11.9 Å². The maximum absolute atomic E-state index is 12.4. The van der Waals surface area contributed by atoms with Gasteiger partial charge < -0.3 is 19.4 Å². The Kier molecular flexibility index (Phi) is 6.84. The van der Waals surface area contributed by atoms with E-state index in [4.69, 9.17) is 9.15 Å². The van der Waals surface area contributed by atoms with Gasteiger partial charge in [0.2, 0.25) is 11.8 Å². The third-order valence-corrected chi connectivity index (χ3v) is 4.77. The predicted molar refractivity (Wildman–Crippen MR) is 105 cm³/mol. The first-order valence-electron chi connectivity index (χ1n) is 8.76. The van der Waals surface area contributed by atoms with Gasteiger partial charge in [0.25, 0.3) is 0 Å². The summed E-state index contributed by atoms with van der Waals surface area (Å²) < 4.78 is 11.9. The van der Waals surface area contributed by atoms with E-state index in [-0.39, 0.29) is 24.3 Å². The molecule has 0 spiro atoms. The number of carbonyl (C=O) groups is 2. The van der Waals surface area contributed by atoms with E-state index < -0.39 is 0 Å². The Morgan fingerprint density at radius 2 is 2.07 bits per heavy atom. The Balaban J connectivity index is 1.43. The highest BCUT2D eigenvalue weighted by molar-refractivity contribution is 9.10. The first kappa shape index (κ1) is 19.4. The van der Waals surface area contributed by atoms with Crippen LogP contribution >= 0.6 is 15.9 Å². The molecule has 7 heteroatoms. The summed E-state index contributed by atoms with van der Waals surface area (Å²) in [4.78, 5) is 26.0. The number of nitrogens with one attached hydrogen (secondary N) is 1. The Morgan fingerprint density at radius 3 is 2.81 bits per heavy atom. The van der Waals surface area contributed by atoms with Gasteiger partial charge in [0.05, 0.1) is 19.4 Å². The molecular weight excluding hydrogens is 412 g/mol. The van der Waals surface area contributed by atoms with Gasteiger partial charge in [-0.15, -0.1) is 0 Å². The molecule has 2 aromatic rings. The lowest BCUT2D eigenvalue weighted by molar-refractivity contribution is -0.138. The number of nitrogens with zero attached hydrogens (tertiary/aromatic N) is 1. The van der Waals surface area contributed by atoms with Gasteiger partial charge in [-0.2, -0.15) is 0 Å². The first-order valence-corrected chi connectivity index (χ1v) is 9.55. The quantitative estimate of drug-likeness (QED) is 0.711. The average molecular weight is 433 g/mol. The summed E-state index contributed by atoms with van der Waals surface area (Å²) in [5, 5.41) is 2.71. The summed E-state index contributed by atoms with van der Waals surface area (Å²) in [5.74, 6) is 0.359. The SMILES string of the molecule is O=C(/C=C/c1ccco1)NCCC(=O)N1CCOC(c2ccc(Br)cc2)C1. The molecule has 1 fully saturated rings. The summed E-state index contributed by atoms with van der Waals surface area (Å²) in [6.07, 6.45) is 4.65. The molecule has 27 heavy (non-hydrogen) atoms. The van der Waals surface area contributed by atoms with Gasteiger partial charge in [-0.1, -0.05) is 28.1 Å². The minimum Gasteiger partial charge on any atom is -0.465 e. The second kappa shape index (κ2) is 9.53. The summed E-state index contributed by atoms with van der Waals surface area (Å²) in [5.41, 5.74) is 1.05. The number of morpholine rings is 1. The van der Waals surface area contributed by atoms with E-state index in [1.54, 1.807) is 29.4 Å². The number of furan rings is 1. The van der Waals surface area contributed by atoms with Gasteiger partial charge >= 0.3 is 0 Å². The van der Waals surface area contributed by atoms with Crippen LogP contribution in [-0.2, 0) is 14.3 Å². The van der Waals surface area contributed by atoms with Crippen LogP contribution in [0.1, 0.15) is 23.8 Å². The number of carbonyl (C=O) groups excluding carboxylic acids is 2. The van der Waals surface area contributed by atoms with E-state index in [9.17, 15) is 9.59 Å². The summed E-state index contributed by atoms with van der Waals surface area (Å²) in [6, 6.07) is 11.4. The topological polar surface area (TPSA) is 71.8 Å². The molecule has 1 N–H and O–H groups in total. The molecule has 0 aliphatic carbocycles. The number of halogens is 1. The highest BCUT2D eigenvalue weighted by Crippen LogP contribution is 2.24. The molecule has 1 unspecified atom stereocenters. The Hall–Kier alpha value is -2.38. The van der Waals surface area contributed by atoms with Crippen molar-refractivity contribution in [3.63, 3.8) is 0 Å². The van der Waals surface area contributed by atoms with Crippen LogP contribution in [0.15, 0.2) is 57.6 Å². The molecule has 0 radical (unpaired) electrons. The van der Waals surface area contributed by atoms with Crippen LogP contribution in [0.5, 0.6) is 0 Å². The zero-order valence-corrected chi connectivity index (χ0v) is 16.4. The lowest BCUT2D eigenvalue weighted by atomic mass is 10.1. The fourth-order valence-corrected chi connectivity index (χ4v) is 3.07. The molecule has 2 heterocycles. The Labute approximate surface area is 166 Å². The molecule has 1 aliphatic heterocycles. The number of rotatable bonds is 6. The van der Waals surface area contributed by atoms with Gasteiger partial charge in [0, 0.05) is 30.1 Å². The molecule has 1 aliphatic rings. The van der Waals surface area contributed by atoms with Gasteiger partial charge in [-0.25, -0.2) is 0 Å². The molecule has 6 nitrogen and oxygen atoms in total. The van der Waals surface area contributed by atoms with Crippen LogP contribution < -0.4 is 5.32 Å². The third-order valence-electron chi connectivity index (χ3n) is 4.24. The van der Waals surface area contributed by atoms with Crippen LogP contribution in [0.25, 0.3) is 6.08 Å². The fraction of sp³-hybridized carbons (Fsp3) is 0.300. The molecule has 1 aromatic carbocycles. The van der Waals surface area contributed by atoms with E-state index in [2.05, 4.69) is 21.2 Å². The molecule has 3 rings (SSSR count). The smallest absolute Gasteiger partial charge is 0.244 e.